The van der Waals surface area contributed by atoms with Crippen LogP contribution in [0.25, 0.3) is 21.9 Å². The minimum atomic E-state index is 0.300. The van der Waals surface area contributed by atoms with Gasteiger partial charge in [0.1, 0.15) is 10.6 Å². The van der Waals surface area contributed by atoms with E-state index in [9.17, 15) is 0 Å². The van der Waals surface area contributed by atoms with E-state index in [1.807, 2.05) is 19.1 Å². The van der Waals surface area contributed by atoms with Crippen LogP contribution in [0, 0.1) is 6.92 Å². The SMILES string of the molecule is Cc1cc(Cl)cc2c1oc1c(Cl)c(Cl)c(Cl)cc12. The Kier molecular flexibility index (Phi) is 2.91. The average molecular weight is 320 g/mol. The number of hydrogen-bond acceptors (Lipinski definition) is 1. The van der Waals surface area contributed by atoms with E-state index in [-0.39, 0.29) is 0 Å². The molecule has 1 nitrogen and oxygen atoms in total. The Labute approximate surface area is 123 Å². The molecule has 0 unspecified atom stereocenters. The van der Waals surface area contributed by atoms with Gasteiger partial charge in [0.25, 0.3) is 0 Å². The van der Waals surface area contributed by atoms with Crippen LogP contribution in [0.15, 0.2) is 22.6 Å². The number of aryl methyl sites for hydroxylation is 1. The van der Waals surface area contributed by atoms with E-state index in [1.165, 1.54) is 0 Å². The monoisotopic (exact) mass is 318 g/mol. The summed E-state index contributed by atoms with van der Waals surface area (Å²) in [7, 11) is 0. The van der Waals surface area contributed by atoms with Gasteiger partial charge in [-0.05, 0) is 30.7 Å². The Morgan fingerprint density at radius 3 is 2.22 bits per heavy atom. The van der Waals surface area contributed by atoms with E-state index in [2.05, 4.69) is 0 Å². The maximum Gasteiger partial charge on any atom is 0.155 e. The second kappa shape index (κ2) is 4.21. The van der Waals surface area contributed by atoms with Crippen LogP contribution in [0.4, 0.5) is 0 Å². The molecule has 2 aromatic carbocycles. The molecule has 0 spiro atoms. The van der Waals surface area contributed by atoms with Gasteiger partial charge < -0.3 is 4.42 Å². The zero-order chi connectivity index (χ0) is 13.0. The van der Waals surface area contributed by atoms with Gasteiger partial charge in [-0.1, -0.05) is 46.4 Å². The fourth-order valence-electron chi connectivity index (χ4n) is 2.05. The summed E-state index contributed by atoms with van der Waals surface area (Å²) in [6.07, 6.45) is 0. The van der Waals surface area contributed by atoms with Crippen molar-refractivity contribution in [2.75, 3.05) is 0 Å². The van der Waals surface area contributed by atoms with E-state index in [0.717, 1.165) is 21.9 Å². The third-order valence-electron chi connectivity index (χ3n) is 2.85. The molecule has 18 heavy (non-hydrogen) atoms. The summed E-state index contributed by atoms with van der Waals surface area (Å²) >= 11 is 24.3. The minimum absolute atomic E-state index is 0.300. The van der Waals surface area contributed by atoms with Crippen molar-refractivity contribution in [3.8, 4) is 0 Å². The lowest BCUT2D eigenvalue weighted by Gasteiger charge is -1.99. The molecule has 0 radical (unpaired) electrons. The van der Waals surface area contributed by atoms with Crippen molar-refractivity contribution in [3.05, 3.63) is 43.9 Å². The lowest BCUT2D eigenvalue weighted by Crippen LogP contribution is -1.75. The molecular formula is C13H6Cl4O. The summed E-state index contributed by atoms with van der Waals surface area (Å²) in [5.41, 5.74) is 2.22. The zero-order valence-electron chi connectivity index (χ0n) is 9.15. The van der Waals surface area contributed by atoms with Gasteiger partial charge in [0.05, 0.1) is 10.0 Å². The molecule has 0 fully saturated rings. The fourth-order valence-corrected chi connectivity index (χ4v) is 2.95. The number of fused-ring (bicyclic) bond motifs is 3. The van der Waals surface area contributed by atoms with Gasteiger partial charge in [-0.15, -0.1) is 0 Å². The van der Waals surface area contributed by atoms with Gasteiger partial charge in [-0.2, -0.15) is 0 Å². The minimum Gasteiger partial charge on any atom is -0.454 e. The Morgan fingerprint density at radius 2 is 1.50 bits per heavy atom. The third kappa shape index (κ3) is 1.70. The van der Waals surface area contributed by atoms with Crippen molar-refractivity contribution in [2.24, 2.45) is 0 Å². The molecule has 1 heterocycles. The standard InChI is InChI=1S/C13H6Cl4O/c1-5-2-6(14)3-7-8-4-9(15)10(16)11(17)13(8)18-12(5)7/h2-4H,1H3. The molecule has 0 atom stereocenters. The predicted molar refractivity (Wildman–Crippen MR) is 78.5 cm³/mol. The average Bonchev–Trinajstić information content (AvgIpc) is 2.66. The second-order valence-electron chi connectivity index (χ2n) is 4.06. The molecule has 92 valence electrons. The first-order valence-electron chi connectivity index (χ1n) is 5.15. The van der Waals surface area contributed by atoms with Crippen LogP contribution in [-0.4, -0.2) is 0 Å². The molecule has 0 saturated heterocycles. The van der Waals surface area contributed by atoms with Crippen LogP contribution < -0.4 is 0 Å². The topological polar surface area (TPSA) is 13.1 Å². The third-order valence-corrected chi connectivity index (χ3v) is 4.31. The summed E-state index contributed by atoms with van der Waals surface area (Å²) in [5, 5.41) is 3.37. The lowest BCUT2D eigenvalue weighted by atomic mass is 10.1. The first kappa shape index (κ1) is 12.4. The van der Waals surface area contributed by atoms with Crippen molar-refractivity contribution in [2.45, 2.75) is 6.92 Å². The number of rotatable bonds is 0. The number of benzene rings is 2. The summed E-state index contributed by atoms with van der Waals surface area (Å²) < 4.78 is 5.77. The highest BCUT2D eigenvalue weighted by atomic mass is 35.5. The molecule has 0 bridgehead atoms. The lowest BCUT2D eigenvalue weighted by molar-refractivity contribution is 0.666. The number of furan rings is 1. The highest BCUT2D eigenvalue weighted by molar-refractivity contribution is 6.50. The Morgan fingerprint density at radius 1 is 0.833 bits per heavy atom. The van der Waals surface area contributed by atoms with Gasteiger partial charge in [0, 0.05) is 15.8 Å². The van der Waals surface area contributed by atoms with Gasteiger partial charge >= 0.3 is 0 Å². The predicted octanol–water partition coefficient (Wildman–Crippen LogP) is 6.51. The van der Waals surface area contributed by atoms with E-state index >= 15 is 0 Å². The molecule has 3 rings (SSSR count). The van der Waals surface area contributed by atoms with Crippen molar-refractivity contribution in [3.63, 3.8) is 0 Å². The highest BCUT2D eigenvalue weighted by Crippen LogP contribution is 2.42. The van der Waals surface area contributed by atoms with E-state index in [4.69, 9.17) is 50.8 Å². The largest absolute Gasteiger partial charge is 0.454 e. The van der Waals surface area contributed by atoms with Crippen molar-refractivity contribution in [1.29, 1.82) is 0 Å². The van der Waals surface area contributed by atoms with Gasteiger partial charge in [0.2, 0.25) is 0 Å². The van der Waals surface area contributed by atoms with Gasteiger partial charge in [-0.25, -0.2) is 0 Å². The molecule has 0 aliphatic heterocycles. The normalized spacial score (nSPS) is 11.6. The maximum atomic E-state index is 6.15. The molecule has 5 heteroatoms. The molecule has 3 aromatic rings. The van der Waals surface area contributed by atoms with Crippen LogP contribution in [0.5, 0.6) is 0 Å². The summed E-state index contributed by atoms with van der Waals surface area (Å²) in [6, 6.07) is 5.41. The van der Waals surface area contributed by atoms with Crippen molar-refractivity contribution in [1.82, 2.24) is 0 Å². The van der Waals surface area contributed by atoms with Crippen LogP contribution in [0.3, 0.4) is 0 Å². The molecule has 0 aliphatic rings. The quantitative estimate of drug-likeness (QED) is 0.430. The highest BCUT2D eigenvalue weighted by Gasteiger charge is 2.17. The fraction of sp³-hybridized carbons (Fsp3) is 0.0769. The second-order valence-corrected chi connectivity index (χ2v) is 5.66. The van der Waals surface area contributed by atoms with Crippen molar-refractivity contribution < 1.29 is 4.42 Å². The van der Waals surface area contributed by atoms with Crippen molar-refractivity contribution >= 4 is 68.3 Å². The summed E-state index contributed by atoms with van der Waals surface area (Å²) in [4.78, 5) is 0. The van der Waals surface area contributed by atoms with Crippen LogP contribution in [0.2, 0.25) is 20.1 Å². The van der Waals surface area contributed by atoms with Crippen LogP contribution >= 0.6 is 46.4 Å². The molecule has 1 aromatic heterocycles. The van der Waals surface area contributed by atoms with Gasteiger partial charge in [-0.3, -0.25) is 0 Å². The molecule has 0 aliphatic carbocycles. The van der Waals surface area contributed by atoms with Gasteiger partial charge in [0.15, 0.2) is 5.58 Å². The van der Waals surface area contributed by atoms with Crippen LogP contribution in [-0.2, 0) is 0 Å². The van der Waals surface area contributed by atoms with E-state index < -0.39 is 0 Å². The smallest absolute Gasteiger partial charge is 0.155 e. The maximum absolute atomic E-state index is 6.15. The molecule has 0 amide bonds. The molecular weight excluding hydrogens is 314 g/mol. The molecule has 0 saturated carbocycles. The Balaban J connectivity index is 2.60. The van der Waals surface area contributed by atoms with E-state index in [1.54, 1.807) is 6.07 Å². The van der Waals surface area contributed by atoms with Crippen LogP contribution in [0.1, 0.15) is 5.56 Å². The molecule has 0 N–H and O–H groups in total. The summed E-state index contributed by atoms with van der Waals surface area (Å²) in [6.45, 7) is 1.92. The number of hydrogen-bond donors (Lipinski definition) is 0. The summed E-state index contributed by atoms with van der Waals surface area (Å²) in [5.74, 6) is 0. The first-order valence-corrected chi connectivity index (χ1v) is 6.66. The van der Waals surface area contributed by atoms with E-state index in [0.29, 0.717) is 25.7 Å². The zero-order valence-corrected chi connectivity index (χ0v) is 12.2. The Hall–Kier alpha value is -0.600. The first-order chi connectivity index (χ1) is 8.49. The number of halogens is 4. The Bertz CT molecular complexity index is 789.